The average Bonchev–Trinajstić information content (AvgIpc) is 3.22. The van der Waals surface area contributed by atoms with Crippen LogP contribution >= 0.6 is 22.9 Å². The van der Waals surface area contributed by atoms with Crippen molar-refractivity contribution in [3.8, 4) is 0 Å². The van der Waals surface area contributed by atoms with Crippen LogP contribution in [-0.4, -0.2) is 20.2 Å². The van der Waals surface area contributed by atoms with E-state index in [2.05, 4.69) is 15.6 Å². The van der Waals surface area contributed by atoms with Crippen LogP contribution in [0, 0.1) is 0 Å². The first kappa shape index (κ1) is 19.9. The molecule has 0 saturated carbocycles. The van der Waals surface area contributed by atoms with E-state index in [4.69, 9.17) is 11.6 Å². The Morgan fingerprint density at radius 1 is 0.893 bits per heavy atom. The first-order chi connectivity index (χ1) is 13.3. The van der Waals surface area contributed by atoms with Gasteiger partial charge in [0.2, 0.25) is 0 Å². The van der Waals surface area contributed by atoms with Gasteiger partial charge in [0.1, 0.15) is 0 Å². The molecular formula is C18H14ClN3O4S2. The lowest BCUT2D eigenvalue weighted by molar-refractivity contribution is 0.0849. The van der Waals surface area contributed by atoms with Gasteiger partial charge >= 0.3 is 0 Å². The minimum atomic E-state index is -3.91. The minimum absolute atomic E-state index is 0.0745. The molecule has 2 amide bonds. The summed E-state index contributed by atoms with van der Waals surface area (Å²) in [6.07, 6.45) is 0. The molecule has 3 rings (SSSR count). The summed E-state index contributed by atoms with van der Waals surface area (Å²) in [7, 11) is -3.91. The van der Waals surface area contributed by atoms with Gasteiger partial charge in [-0.2, -0.15) is 0 Å². The first-order valence-electron chi connectivity index (χ1n) is 7.88. The first-order valence-corrected chi connectivity index (χ1v) is 10.6. The second-order valence-corrected chi connectivity index (χ2v) is 8.59. The Morgan fingerprint density at radius 2 is 1.61 bits per heavy atom. The van der Waals surface area contributed by atoms with Gasteiger partial charge in [-0.15, -0.1) is 11.3 Å². The number of halogens is 1. The Balaban J connectivity index is 1.71. The summed E-state index contributed by atoms with van der Waals surface area (Å²) in [4.78, 5) is 24.4. The summed E-state index contributed by atoms with van der Waals surface area (Å²) in [6, 6.07) is 14.9. The number of carbonyl (C=O) groups excluding carboxylic acids is 2. The second kappa shape index (κ2) is 8.42. The van der Waals surface area contributed by atoms with Gasteiger partial charge in [-0.05, 0) is 53.9 Å². The molecule has 0 spiro atoms. The smallest absolute Gasteiger partial charge is 0.279 e. The summed E-state index contributed by atoms with van der Waals surface area (Å²) in [5.74, 6) is -1.11. The molecule has 1 aromatic heterocycles. The zero-order valence-corrected chi connectivity index (χ0v) is 16.6. The van der Waals surface area contributed by atoms with Crippen LogP contribution in [-0.2, 0) is 10.0 Å². The van der Waals surface area contributed by atoms with E-state index >= 15 is 0 Å². The lowest BCUT2D eigenvalue weighted by atomic mass is 10.2. The van der Waals surface area contributed by atoms with Crippen LogP contribution in [0.15, 0.2) is 70.9 Å². The number of thiophene rings is 1. The van der Waals surface area contributed by atoms with Crippen LogP contribution in [0.1, 0.15) is 20.0 Å². The molecule has 10 heteroatoms. The highest BCUT2D eigenvalue weighted by molar-refractivity contribution is 7.92. The van der Waals surface area contributed by atoms with Crippen molar-refractivity contribution in [2.45, 2.75) is 4.90 Å². The van der Waals surface area contributed by atoms with E-state index in [0.29, 0.717) is 15.6 Å². The zero-order chi connectivity index (χ0) is 20.1. The fourth-order valence-corrected chi connectivity index (χ4v) is 4.04. The number of sulfonamides is 1. The summed E-state index contributed by atoms with van der Waals surface area (Å²) in [5.41, 5.74) is 4.95. The number of hydrazine groups is 1. The van der Waals surface area contributed by atoms with Crippen molar-refractivity contribution < 1.29 is 18.0 Å². The Bertz CT molecular complexity index is 1100. The van der Waals surface area contributed by atoms with Crippen LogP contribution < -0.4 is 15.6 Å². The maximum absolute atomic E-state index is 12.5. The van der Waals surface area contributed by atoms with Crippen LogP contribution in [0.25, 0.3) is 0 Å². The predicted molar refractivity (Wildman–Crippen MR) is 108 cm³/mol. The van der Waals surface area contributed by atoms with Crippen LogP contribution in [0.3, 0.4) is 0 Å². The standard InChI is InChI=1S/C18H14ClN3O4S2/c19-13-6-8-14(9-7-13)22-28(25,26)15-4-1-3-12(11-15)17(23)20-21-18(24)16-5-2-10-27-16/h1-11,22H,(H,20,23)(H,21,24). The van der Waals surface area contributed by atoms with Gasteiger partial charge < -0.3 is 0 Å². The average molecular weight is 436 g/mol. The van der Waals surface area contributed by atoms with E-state index in [9.17, 15) is 18.0 Å². The molecule has 2 aromatic carbocycles. The van der Waals surface area contributed by atoms with Gasteiger partial charge in [0.15, 0.2) is 0 Å². The molecule has 3 N–H and O–H groups in total. The molecule has 0 atom stereocenters. The number of hydrogen-bond donors (Lipinski definition) is 3. The lowest BCUT2D eigenvalue weighted by Gasteiger charge is -2.10. The molecule has 0 radical (unpaired) electrons. The molecule has 0 saturated heterocycles. The van der Waals surface area contributed by atoms with Crippen molar-refractivity contribution in [3.05, 3.63) is 81.5 Å². The Morgan fingerprint density at radius 3 is 2.29 bits per heavy atom. The molecule has 3 aromatic rings. The number of hydrogen-bond acceptors (Lipinski definition) is 5. The molecule has 0 aliphatic carbocycles. The van der Waals surface area contributed by atoms with E-state index in [0.717, 1.165) is 0 Å². The van der Waals surface area contributed by atoms with Gasteiger partial charge in [-0.3, -0.25) is 25.2 Å². The number of nitrogens with one attached hydrogen (secondary N) is 3. The molecule has 28 heavy (non-hydrogen) atoms. The monoisotopic (exact) mass is 435 g/mol. The van der Waals surface area contributed by atoms with Crippen molar-refractivity contribution >= 4 is 50.5 Å². The Labute approximate surface area is 170 Å². The van der Waals surface area contributed by atoms with E-state index in [1.54, 1.807) is 29.6 Å². The summed E-state index contributed by atoms with van der Waals surface area (Å²) in [6.45, 7) is 0. The fraction of sp³-hybridized carbons (Fsp3) is 0. The summed E-state index contributed by atoms with van der Waals surface area (Å²) >= 11 is 7.02. The number of amides is 2. The molecule has 7 nitrogen and oxygen atoms in total. The number of carbonyl (C=O) groups is 2. The van der Waals surface area contributed by atoms with Crippen molar-refractivity contribution in [1.29, 1.82) is 0 Å². The van der Waals surface area contributed by atoms with Crippen LogP contribution in [0.2, 0.25) is 5.02 Å². The maximum atomic E-state index is 12.5. The highest BCUT2D eigenvalue weighted by atomic mass is 35.5. The largest absolute Gasteiger partial charge is 0.280 e. The molecule has 0 unspecified atom stereocenters. The van der Waals surface area contributed by atoms with Crippen LogP contribution in [0.5, 0.6) is 0 Å². The number of rotatable bonds is 5. The van der Waals surface area contributed by atoms with E-state index in [1.807, 2.05) is 0 Å². The topological polar surface area (TPSA) is 104 Å². The molecule has 0 aliphatic rings. The van der Waals surface area contributed by atoms with E-state index < -0.39 is 21.8 Å². The zero-order valence-electron chi connectivity index (χ0n) is 14.2. The molecule has 0 fully saturated rings. The van der Waals surface area contributed by atoms with Crippen molar-refractivity contribution in [3.63, 3.8) is 0 Å². The van der Waals surface area contributed by atoms with E-state index in [1.165, 1.54) is 47.7 Å². The maximum Gasteiger partial charge on any atom is 0.279 e. The van der Waals surface area contributed by atoms with Gasteiger partial charge in [0.05, 0.1) is 9.77 Å². The molecule has 0 aliphatic heterocycles. The summed E-state index contributed by atoms with van der Waals surface area (Å²) < 4.78 is 27.5. The van der Waals surface area contributed by atoms with Gasteiger partial charge in [0, 0.05) is 16.3 Å². The SMILES string of the molecule is O=C(NNC(=O)c1cccs1)c1cccc(S(=O)(=O)Nc2ccc(Cl)cc2)c1. The highest BCUT2D eigenvalue weighted by Crippen LogP contribution is 2.19. The molecule has 1 heterocycles. The Kier molecular flexibility index (Phi) is 5.98. The third-order valence-corrected chi connectivity index (χ3v) is 6.04. The third kappa shape index (κ3) is 4.89. The van der Waals surface area contributed by atoms with Gasteiger partial charge in [0.25, 0.3) is 21.8 Å². The van der Waals surface area contributed by atoms with Crippen molar-refractivity contribution in [2.75, 3.05) is 4.72 Å². The minimum Gasteiger partial charge on any atom is -0.280 e. The normalized spacial score (nSPS) is 10.9. The van der Waals surface area contributed by atoms with Crippen molar-refractivity contribution in [1.82, 2.24) is 10.9 Å². The summed E-state index contributed by atoms with van der Waals surface area (Å²) in [5, 5.41) is 2.21. The third-order valence-electron chi connectivity index (χ3n) is 3.54. The lowest BCUT2D eigenvalue weighted by Crippen LogP contribution is -2.41. The van der Waals surface area contributed by atoms with E-state index in [-0.39, 0.29) is 10.5 Å². The second-order valence-electron chi connectivity index (χ2n) is 5.53. The fourth-order valence-electron chi connectivity index (χ4n) is 2.19. The highest BCUT2D eigenvalue weighted by Gasteiger charge is 2.17. The number of anilines is 1. The molecule has 0 bridgehead atoms. The van der Waals surface area contributed by atoms with Crippen molar-refractivity contribution in [2.24, 2.45) is 0 Å². The quantitative estimate of drug-likeness (QED) is 0.535. The Hall–Kier alpha value is -2.88. The molecular weight excluding hydrogens is 422 g/mol. The number of benzene rings is 2. The van der Waals surface area contributed by atoms with Crippen LogP contribution in [0.4, 0.5) is 5.69 Å². The molecule has 144 valence electrons. The predicted octanol–water partition coefficient (Wildman–Crippen LogP) is 3.28. The van der Waals surface area contributed by atoms with Gasteiger partial charge in [-0.25, -0.2) is 8.42 Å². The van der Waals surface area contributed by atoms with Gasteiger partial charge in [-0.1, -0.05) is 23.7 Å².